The van der Waals surface area contributed by atoms with Gasteiger partial charge in [0.1, 0.15) is 5.75 Å². The fourth-order valence-corrected chi connectivity index (χ4v) is 1.67. The summed E-state index contributed by atoms with van der Waals surface area (Å²) < 4.78 is 5.59. The summed E-state index contributed by atoms with van der Waals surface area (Å²) in [6, 6.07) is 16.2. The average molecular weight is 241 g/mol. The van der Waals surface area contributed by atoms with E-state index in [2.05, 4.69) is 0 Å². The van der Waals surface area contributed by atoms with Gasteiger partial charge in [-0.2, -0.15) is 0 Å². The number of ether oxygens (including phenoxy) is 1. The Balaban J connectivity index is 2.11. The van der Waals surface area contributed by atoms with Crippen molar-refractivity contribution >= 4 is 11.5 Å². The number of rotatable bonds is 4. The molecule has 0 saturated carbocycles. The number of hydrogen-bond donors (Lipinski definition) is 1. The van der Waals surface area contributed by atoms with E-state index in [0.717, 1.165) is 0 Å². The molecule has 0 saturated heterocycles. The van der Waals surface area contributed by atoms with Crippen molar-refractivity contribution in [3.63, 3.8) is 0 Å². The summed E-state index contributed by atoms with van der Waals surface area (Å²) in [5, 5.41) is 0. The molecule has 2 aromatic rings. The molecule has 2 N–H and O–H groups in total. The van der Waals surface area contributed by atoms with Crippen LogP contribution in [0.3, 0.4) is 0 Å². The third-order valence-corrected chi connectivity index (χ3v) is 2.65. The molecule has 0 heterocycles. The van der Waals surface area contributed by atoms with Gasteiger partial charge in [-0.3, -0.25) is 4.79 Å². The minimum absolute atomic E-state index is 0.0566. The first kappa shape index (κ1) is 12.2. The number of para-hydroxylation sites is 2. The van der Waals surface area contributed by atoms with Gasteiger partial charge in [0.15, 0.2) is 6.10 Å². The molecule has 3 heteroatoms. The van der Waals surface area contributed by atoms with Crippen molar-refractivity contribution < 1.29 is 9.53 Å². The Bertz CT molecular complexity index is 537. The molecule has 0 radical (unpaired) electrons. The number of nitrogen functional groups attached to an aromatic ring is 1. The summed E-state index contributed by atoms with van der Waals surface area (Å²) in [4.78, 5) is 12.1. The molecule has 2 rings (SSSR count). The maximum Gasteiger partial charge on any atom is 0.202 e. The lowest BCUT2D eigenvalue weighted by Gasteiger charge is -2.15. The third-order valence-electron chi connectivity index (χ3n) is 2.65. The van der Waals surface area contributed by atoms with Crippen LogP contribution in [0.2, 0.25) is 0 Å². The van der Waals surface area contributed by atoms with Gasteiger partial charge in [-0.25, -0.2) is 0 Å². The van der Waals surface area contributed by atoms with E-state index < -0.39 is 6.10 Å². The zero-order valence-corrected chi connectivity index (χ0v) is 10.2. The van der Waals surface area contributed by atoms with E-state index in [0.29, 0.717) is 17.0 Å². The van der Waals surface area contributed by atoms with Crippen LogP contribution in [0.15, 0.2) is 54.6 Å². The van der Waals surface area contributed by atoms with Crippen LogP contribution < -0.4 is 10.5 Å². The van der Waals surface area contributed by atoms with Crippen molar-refractivity contribution in [1.29, 1.82) is 0 Å². The first-order chi connectivity index (χ1) is 8.68. The fourth-order valence-electron chi connectivity index (χ4n) is 1.67. The van der Waals surface area contributed by atoms with Crippen molar-refractivity contribution in [2.24, 2.45) is 0 Å². The van der Waals surface area contributed by atoms with Crippen LogP contribution in [-0.4, -0.2) is 11.9 Å². The normalized spacial score (nSPS) is 11.8. The highest BCUT2D eigenvalue weighted by molar-refractivity contribution is 5.99. The first-order valence-corrected chi connectivity index (χ1v) is 5.79. The lowest BCUT2D eigenvalue weighted by Crippen LogP contribution is -2.24. The predicted octanol–water partition coefficient (Wildman–Crippen LogP) is 2.92. The molecule has 0 aliphatic heterocycles. The summed E-state index contributed by atoms with van der Waals surface area (Å²) in [7, 11) is 0. The molecule has 0 spiro atoms. The molecule has 0 aliphatic rings. The van der Waals surface area contributed by atoms with Crippen LogP contribution in [0.1, 0.15) is 17.3 Å². The van der Waals surface area contributed by atoms with Crippen molar-refractivity contribution in [2.75, 3.05) is 5.73 Å². The zero-order valence-electron chi connectivity index (χ0n) is 10.2. The van der Waals surface area contributed by atoms with Gasteiger partial charge in [-0.1, -0.05) is 42.5 Å². The van der Waals surface area contributed by atoms with E-state index in [-0.39, 0.29) is 5.78 Å². The van der Waals surface area contributed by atoms with Gasteiger partial charge in [0, 0.05) is 5.56 Å². The number of hydrogen-bond acceptors (Lipinski definition) is 3. The van der Waals surface area contributed by atoms with E-state index >= 15 is 0 Å². The summed E-state index contributed by atoms with van der Waals surface area (Å²) in [6.07, 6.45) is -0.558. The molecule has 0 aliphatic carbocycles. The second-order valence-corrected chi connectivity index (χ2v) is 4.03. The molecule has 0 aromatic heterocycles. The monoisotopic (exact) mass is 241 g/mol. The van der Waals surface area contributed by atoms with Crippen LogP contribution in [0.5, 0.6) is 5.75 Å². The van der Waals surface area contributed by atoms with Crippen molar-refractivity contribution in [3.05, 3.63) is 60.2 Å². The summed E-state index contributed by atoms with van der Waals surface area (Å²) in [5.74, 6) is 0.480. The number of carbonyl (C=O) groups excluding carboxylic acids is 1. The van der Waals surface area contributed by atoms with E-state index in [1.54, 1.807) is 31.2 Å². The lowest BCUT2D eigenvalue weighted by atomic mass is 10.1. The molecule has 18 heavy (non-hydrogen) atoms. The average Bonchev–Trinajstić information content (AvgIpc) is 2.41. The highest BCUT2D eigenvalue weighted by Crippen LogP contribution is 2.22. The third kappa shape index (κ3) is 2.69. The SMILES string of the molecule is CC(Oc1ccccc1N)C(=O)c1ccccc1. The number of anilines is 1. The van der Waals surface area contributed by atoms with Crippen LogP contribution in [0, 0.1) is 0 Å². The lowest BCUT2D eigenvalue weighted by molar-refractivity contribution is 0.0819. The largest absolute Gasteiger partial charge is 0.480 e. The smallest absolute Gasteiger partial charge is 0.202 e. The topological polar surface area (TPSA) is 52.3 Å². The molecule has 3 nitrogen and oxygen atoms in total. The number of carbonyl (C=O) groups is 1. The van der Waals surface area contributed by atoms with E-state index in [1.165, 1.54) is 0 Å². The van der Waals surface area contributed by atoms with Crippen molar-refractivity contribution in [1.82, 2.24) is 0 Å². The van der Waals surface area contributed by atoms with Crippen molar-refractivity contribution in [3.8, 4) is 5.75 Å². The molecule has 1 unspecified atom stereocenters. The summed E-state index contributed by atoms with van der Waals surface area (Å²) in [6.45, 7) is 1.72. The number of nitrogens with two attached hydrogens (primary N) is 1. The van der Waals surface area contributed by atoms with Gasteiger partial charge in [0.05, 0.1) is 5.69 Å². The molecular weight excluding hydrogens is 226 g/mol. The van der Waals surface area contributed by atoms with Crippen LogP contribution in [0.25, 0.3) is 0 Å². The minimum Gasteiger partial charge on any atom is -0.480 e. The Labute approximate surface area is 106 Å². The highest BCUT2D eigenvalue weighted by atomic mass is 16.5. The molecule has 0 fully saturated rings. The molecule has 0 bridgehead atoms. The maximum absolute atomic E-state index is 12.1. The molecule has 0 amide bonds. The standard InChI is InChI=1S/C15H15NO2/c1-11(15(17)12-7-3-2-4-8-12)18-14-10-6-5-9-13(14)16/h2-11H,16H2,1H3. The summed E-state index contributed by atoms with van der Waals surface area (Å²) in [5.41, 5.74) is 6.94. The zero-order chi connectivity index (χ0) is 13.0. The van der Waals surface area contributed by atoms with Crippen LogP contribution in [-0.2, 0) is 0 Å². The van der Waals surface area contributed by atoms with E-state index in [9.17, 15) is 4.79 Å². The molecule has 2 aromatic carbocycles. The Morgan fingerprint density at radius 2 is 1.67 bits per heavy atom. The van der Waals surface area contributed by atoms with E-state index in [4.69, 9.17) is 10.5 Å². The van der Waals surface area contributed by atoms with E-state index in [1.807, 2.05) is 30.3 Å². The summed E-state index contributed by atoms with van der Waals surface area (Å²) >= 11 is 0. The Hall–Kier alpha value is -2.29. The number of benzene rings is 2. The van der Waals surface area contributed by atoms with Crippen LogP contribution >= 0.6 is 0 Å². The predicted molar refractivity (Wildman–Crippen MR) is 71.7 cm³/mol. The Morgan fingerprint density at radius 3 is 2.33 bits per heavy atom. The highest BCUT2D eigenvalue weighted by Gasteiger charge is 2.17. The fraction of sp³-hybridized carbons (Fsp3) is 0.133. The van der Waals surface area contributed by atoms with Crippen LogP contribution in [0.4, 0.5) is 5.69 Å². The quantitative estimate of drug-likeness (QED) is 0.661. The Kier molecular flexibility index (Phi) is 3.63. The molecule has 1 atom stereocenters. The number of ketones is 1. The van der Waals surface area contributed by atoms with Gasteiger partial charge in [0.25, 0.3) is 0 Å². The minimum atomic E-state index is -0.558. The second kappa shape index (κ2) is 5.36. The van der Waals surface area contributed by atoms with Gasteiger partial charge in [0.2, 0.25) is 5.78 Å². The molecular formula is C15H15NO2. The van der Waals surface area contributed by atoms with Gasteiger partial charge in [-0.15, -0.1) is 0 Å². The maximum atomic E-state index is 12.1. The van der Waals surface area contributed by atoms with Gasteiger partial charge < -0.3 is 10.5 Å². The first-order valence-electron chi connectivity index (χ1n) is 5.79. The second-order valence-electron chi connectivity index (χ2n) is 4.03. The number of Topliss-reactive ketones (excluding diaryl/α,β-unsaturated/α-hetero) is 1. The Morgan fingerprint density at radius 1 is 1.06 bits per heavy atom. The molecule has 92 valence electrons. The van der Waals surface area contributed by atoms with Crippen molar-refractivity contribution in [2.45, 2.75) is 13.0 Å². The van der Waals surface area contributed by atoms with Gasteiger partial charge in [-0.05, 0) is 19.1 Å². The van der Waals surface area contributed by atoms with Gasteiger partial charge >= 0.3 is 0 Å².